The van der Waals surface area contributed by atoms with Gasteiger partial charge in [-0.15, -0.1) is 0 Å². The SMILES string of the molecule is CCOC(=O)C1CCC(O)(CNCCCC2CC2)CC1. The van der Waals surface area contributed by atoms with E-state index in [1.807, 2.05) is 6.92 Å². The highest BCUT2D eigenvalue weighted by Crippen LogP contribution is 2.34. The summed E-state index contributed by atoms with van der Waals surface area (Å²) in [5.74, 6) is 0.886. The van der Waals surface area contributed by atoms with Crippen molar-refractivity contribution in [2.24, 2.45) is 11.8 Å². The predicted molar refractivity (Wildman–Crippen MR) is 78.4 cm³/mol. The van der Waals surface area contributed by atoms with Crippen LogP contribution in [0.1, 0.15) is 58.3 Å². The standard InChI is InChI=1S/C16H29NO3/c1-2-20-15(18)14-7-9-16(19,10-8-14)12-17-11-3-4-13-5-6-13/h13-14,17,19H,2-12H2,1H3. The third-order valence-electron chi connectivity index (χ3n) is 4.65. The Kier molecular flexibility index (Phi) is 5.85. The first-order valence-electron chi connectivity index (χ1n) is 8.23. The fourth-order valence-electron chi connectivity index (χ4n) is 3.07. The van der Waals surface area contributed by atoms with E-state index in [4.69, 9.17) is 4.74 Å². The van der Waals surface area contributed by atoms with Crippen LogP contribution in [0.4, 0.5) is 0 Å². The molecule has 0 atom stereocenters. The number of carbonyl (C=O) groups is 1. The zero-order chi connectivity index (χ0) is 14.4. The molecule has 2 aliphatic rings. The van der Waals surface area contributed by atoms with E-state index in [2.05, 4.69) is 5.32 Å². The largest absolute Gasteiger partial charge is 0.466 e. The molecule has 2 saturated carbocycles. The van der Waals surface area contributed by atoms with Gasteiger partial charge < -0.3 is 15.2 Å². The zero-order valence-electron chi connectivity index (χ0n) is 12.7. The maximum atomic E-state index is 11.7. The quantitative estimate of drug-likeness (QED) is 0.530. The summed E-state index contributed by atoms with van der Waals surface area (Å²) in [7, 11) is 0. The van der Waals surface area contributed by atoms with Gasteiger partial charge in [-0.1, -0.05) is 12.8 Å². The fourth-order valence-corrected chi connectivity index (χ4v) is 3.07. The molecule has 20 heavy (non-hydrogen) atoms. The van der Waals surface area contributed by atoms with Crippen LogP contribution in [0.25, 0.3) is 0 Å². The Morgan fingerprint density at radius 1 is 1.30 bits per heavy atom. The topological polar surface area (TPSA) is 58.6 Å². The Morgan fingerprint density at radius 2 is 2.00 bits per heavy atom. The van der Waals surface area contributed by atoms with Gasteiger partial charge in [0.15, 0.2) is 0 Å². The van der Waals surface area contributed by atoms with Crippen molar-refractivity contribution in [2.75, 3.05) is 19.7 Å². The molecule has 2 fully saturated rings. The highest BCUT2D eigenvalue weighted by atomic mass is 16.5. The molecule has 0 radical (unpaired) electrons. The Hall–Kier alpha value is -0.610. The molecule has 0 aromatic rings. The molecule has 0 aliphatic heterocycles. The van der Waals surface area contributed by atoms with Crippen molar-refractivity contribution in [3.63, 3.8) is 0 Å². The van der Waals surface area contributed by atoms with Crippen LogP contribution in [0.2, 0.25) is 0 Å². The van der Waals surface area contributed by atoms with Crippen LogP contribution in [-0.2, 0) is 9.53 Å². The lowest BCUT2D eigenvalue weighted by Gasteiger charge is -2.35. The Bertz CT molecular complexity index is 307. The minimum atomic E-state index is -0.622. The maximum absolute atomic E-state index is 11.7. The molecule has 2 rings (SSSR count). The second-order valence-electron chi connectivity index (χ2n) is 6.51. The molecule has 0 spiro atoms. The number of carbonyl (C=O) groups excluding carboxylic acids is 1. The molecule has 2 N–H and O–H groups in total. The van der Waals surface area contributed by atoms with Crippen LogP contribution >= 0.6 is 0 Å². The molecule has 0 bridgehead atoms. The Labute approximate surface area is 122 Å². The molecule has 4 nitrogen and oxygen atoms in total. The molecule has 2 aliphatic carbocycles. The number of nitrogens with one attached hydrogen (secondary N) is 1. The number of rotatable bonds is 8. The molecule has 116 valence electrons. The predicted octanol–water partition coefficient (Wildman–Crippen LogP) is 2.25. The fraction of sp³-hybridized carbons (Fsp3) is 0.938. The van der Waals surface area contributed by atoms with Gasteiger partial charge in [0.25, 0.3) is 0 Å². The van der Waals surface area contributed by atoms with Crippen LogP contribution in [-0.4, -0.2) is 36.4 Å². The van der Waals surface area contributed by atoms with E-state index in [1.54, 1.807) is 0 Å². The first-order valence-corrected chi connectivity index (χ1v) is 8.23. The highest BCUT2D eigenvalue weighted by molar-refractivity contribution is 5.72. The van der Waals surface area contributed by atoms with E-state index in [0.29, 0.717) is 26.0 Å². The minimum Gasteiger partial charge on any atom is -0.466 e. The summed E-state index contributed by atoms with van der Waals surface area (Å²) >= 11 is 0. The molecule has 0 heterocycles. The van der Waals surface area contributed by atoms with Crippen LogP contribution in [0.15, 0.2) is 0 Å². The van der Waals surface area contributed by atoms with Gasteiger partial charge in [0.05, 0.1) is 18.1 Å². The van der Waals surface area contributed by atoms with Crippen molar-refractivity contribution >= 4 is 5.97 Å². The Morgan fingerprint density at radius 3 is 2.60 bits per heavy atom. The van der Waals surface area contributed by atoms with Crippen LogP contribution < -0.4 is 5.32 Å². The lowest BCUT2D eigenvalue weighted by molar-refractivity contribution is -0.151. The van der Waals surface area contributed by atoms with Crippen molar-refractivity contribution in [3.8, 4) is 0 Å². The molecular formula is C16H29NO3. The van der Waals surface area contributed by atoms with E-state index in [9.17, 15) is 9.90 Å². The average Bonchev–Trinajstić information content (AvgIpc) is 3.23. The summed E-state index contributed by atoms with van der Waals surface area (Å²) in [4.78, 5) is 11.7. The molecule has 4 heteroatoms. The summed E-state index contributed by atoms with van der Waals surface area (Å²) in [6, 6.07) is 0. The summed E-state index contributed by atoms with van der Waals surface area (Å²) < 4.78 is 5.05. The van der Waals surface area contributed by atoms with E-state index in [-0.39, 0.29) is 11.9 Å². The zero-order valence-corrected chi connectivity index (χ0v) is 12.7. The minimum absolute atomic E-state index is 0.00917. The normalized spacial score (nSPS) is 30.2. The number of aliphatic hydroxyl groups is 1. The monoisotopic (exact) mass is 283 g/mol. The van der Waals surface area contributed by atoms with Gasteiger partial charge in [-0.3, -0.25) is 4.79 Å². The first-order chi connectivity index (χ1) is 9.63. The van der Waals surface area contributed by atoms with Gasteiger partial charge in [-0.05, 0) is 57.9 Å². The van der Waals surface area contributed by atoms with Gasteiger partial charge in [0, 0.05) is 6.54 Å². The van der Waals surface area contributed by atoms with Crippen LogP contribution in [0.3, 0.4) is 0 Å². The number of hydrogen-bond acceptors (Lipinski definition) is 4. The average molecular weight is 283 g/mol. The number of hydrogen-bond donors (Lipinski definition) is 2. The van der Waals surface area contributed by atoms with Crippen molar-refractivity contribution in [1.29, 1.82) is 0 Å². The lowest BCUT2D eigenvalue weighted by Crippen LogP contribution is -2.44. The third kappa shape index (κ3) is 5.06. The molecule has 0 saturated heterocycles. The second kappa shape index (κ2) is 7.41. The van der Waals surface area contributed by atoms with Gasteiger partial charge in [-0.25, -0.2) is 0 Å². The molecule has 0 aromatic carbocycles. The highest BCUT2D eigenvalue weighted by Gasteiger charge is 2.35. The van der Waals surface area contributed by atoms with Gasteiger partial charge in [0.1, 0.15) is 0 Å². The summed E-state index contributed by atoms with van der Waals surface area (Å²) in [5, 5.41) is 13.9. The second-order valence-corrected chi connectivity index (χ2v) is 6.51. The van der Waals surface area contributed by atoms with Gasteiger partial charge >= 0.3 is 5.97 Å². The molecular weight excluding hydrogens is 254 g/mol. The van der Waals surface area contributed by atoms with Crippen molar-refractivity contribution < 1.29 is 14.6 Å². The van der Waals surface area contributed by atoms with Gasteiger partial charge in [-0.2, -0.15) is 0 Å². The Balaban J connectivity index is 1.58. The summed E-state index contributed by atoms with van der Waals surface area (Å²) in [5.41, 5.74) is -0.622. The third-order valence-corrected chi connectivity index (χ3v) is 4.65. The van der Waals surface area contributed by atoms with Crippen molar-refractivity contribution in [1.82, 2.24) is 5.32 Å². The van der Waals surface area contributed by atoms with Crippen molar-refractivity contribution in [3.05, 3.63) is 0 Å². The summed E-state index contributed by atoms with van der Waals surface area (Å²) in [6.45, 7) is 3.94. The van der Waals surface area contributed by atoms with Crippen LogP contribution in [0, 0.1) is 11.8 Å². The smallest absolute Gasteiger partial charge is 0.308 e. The van der Waals surface area contributed by atoms with E-state index in [1.165, 1.54) is 25.7 Å². The van der Waals surface area contributed by atoms with E-state index < -0.39 is 5.60 Å². The van der Waals surface area contributed by atoms with E-state index in [0.717, 1.165) is 25.3 Å². The lowest BCUT2D eigenvalue weighted by atomic mass is 9.79. The van der Waals surface area contributed by atoms with Crippen molar-refractivity contribution in [2.45, 2.75) is 63.9 Å². The molecule has 0 amide bonds. The molecule has 0 aromatic heterocycles. The number of esters is 1. The van der Waals surface area contributed by atoms with Gasteiger partial charge in [0.2, 0.25) is 0 Å². The van der Waals surface area contributed by atoms with Crippen LogP contribution in [0.5, 0.6) is 0 Å². The number of ether oxygens (including phenoxy) is 1. The molecule has 0 unspecified atom stereocenters. The maximum Gasteiger partial charge on any atom is 0.308 e. The van der Waals surface area contributed by atoms with E-state index >= 15 is 0 Å². The first kappa shape index (κ1) is 15.8. The summed E-state index contributed by atoms with van der Waals surface area (Å²) in [6.07, 6.45) is 8.28.